The molecule has 0 aliphatic heterocycles. The van der Waals surface area contributed by atoms with Gasteiger partial charge < -0.3 is 15.6 Å². The Morgan fingerprint density at radius 2 is 1.80 bits per heavy atom. The monoisotopic (exact) mass is 366 g/mol. The largest absolute Gasteiger partial charge is 0.344 e. The molecule has 3 unspecified atom stereocenters. The smallest absolute Gasteiger partial charge is 0.248 e. The lowest BCUT2D eigenvalue weighted by Crippen LogP contribution is -2.37. The Morgan fingerprint density at radius 1 is 1.20 bits per heavy atom. The number of benzene rings is 1. The van der Waals surface area contributed by atoms with Gasteiger partial charge >= 0.3 is 0 Å². The topological polar surface area (TPSA) is 94.0 Å². The number of rotatable bonds is 5. The lowest BCUT2D eigenvalue weighted by molar-refractivity contribution is -0.126. The van der Waals surface area contributed by atoms with Crippen LogP contribution < -0.4 is 11.1 Å². The van der Waals surface area contributed by atoms with Crippen LogP contribution in [-0.2, 0) is 10.2 Å². The summed E-state index contributed by atoms with van der Waals surface area (Å²) in [6.07, 6.45) is 0. The quantitative estimate of drug-likeness (QED) is 0.846. The molecule has 0 spiro atoms. The molecule has 0 aliphatic carbocycles. The second kappa shape index (κ2) is 8.45. The first-order chi connectivity index (χ1) is 11.2. The van der Waals surface area contributed by atoms with Crippen molar-refractivity contribution in [2.45, 2.75) is 52.1 Å². The molecule has 3 atom stereocenters. The van der Waals surface area contributed by atoms with E-state index in [2.05, 4.69) is 15.5 Å². The fraction of sp³-hybridized carbons (Fsp3) is 0.500. The van der Waals surface area contributed by atoms with Gasteiger partial charge in [0.05, 0.1) is 5.92 Å². The summed E-state index contributed by atoms with van der Waals surface area (Å²) in [6, 6.07) is 8.85. The number of carbonyl (C=O) groups excluding carboxylic acids is 1. The number of nitrogens with two attached hydrogens (primary N) is 1. The van der Waals surface area contributed by atoms with E-state index in [1.165, 1.54) is 0 Å². The lowest BCUT2D eigenvalue weighted by atomic mass is 9.94. The highest BCUT2D eigenvalue weighted by Crippen LogP contribution is 2.22. The summed E-state index contributed by atoms with van der Waals surface area (Å²) in [7, 11) is 0. The first-order valence-electron chi connectivity index (χ1n) is 8.15. The summed E-state index contributed by atoms with van der Waals surface area (Å²) < 4.78 is 5.27. The molecule has 6 nitrogen and oxygen atoms in total. The number of amides is 1. The first kappa shape index (κ1) is 21.1. The van der Waals surface area contributed by atoms with Gasteiger partial charge in [0.15, 0.2) is 5.82 Å². The van der Waals surface area contributed by atoms with Crippen molar-refractivity contribution in [1.82, 2.24) is 15.5 Å². The van der Waals surface area contributed by atoms with Crippen LogP contribution in [0.15, 0.2) is 34.9 Å². The molecule has 2 aromatic rings. The SMILES string of the molecule is CC(NC(=O)C(C)C(N)c1ccccc1)c1nc(C(C)(C)C)no1.Cl. The van der Waals surface area contributed by atoms with Crippen LogP contribution in [0.4, 0.5) is 0 Å². The second-order valence-corrected chi connectivity index (χ2v) is 7.16. The molecule has 1 amide bonds. The van der Waals surface area contributed by atoms with Gasteiger partial charge in [-0.1, -0.05) is 63.2 Å². The molecule has 138 valence electrons. The number of nitrogens with one attached hydrogen (secondary N) is 1. The number of carbonyl (C=O) groups is 1. The molecule has 1 heterocycles. The van der Waals surface area contributed by atoms with Gasteiger partial charge in [0.25, 0.3) is 0 Å². The van der Waals surface area contributed by atoms with E-state index in [4.69, 9.17) is 10.3 Å². The average molecular weight is 367 g/mol. The summed E-state index contributed by atoms with van der Waals surface area (Å²) in [6.45, 7) is 9.65. The van der Waals surface area contributed by atoms with E-state index in [1.54, 1.807) is 0 Å². The van der Waals surface area contributed by atoms with Crippen LogP contribution in [0.3, 0.4) is 0 Å². The molecular weight excluding hydrogens is 340 g/mol. The van der Waals surface area contributed by atoms with E-state index < -0.39 is 0 Å². The second-order valence-electron chi connectivity index (χ2n) is 7.16. The third-order valence-corrected chi connectivity index (χ3v) is 3.98. The van der Waals surface area contributed by atoms with Crippen molar-refractivity contribution >= 4 is 18.3 Å². The molecule has 7 heteroatoms. The zero-order chi connectivity index (χ0) is 17.9. The maximum atomic E-state index is 12.5. The Labute approximate surface area is 155 Å². The number of hydrogen-bond acceptors (Lipinski definition) is 5. The summed E-state index contributed by atoms with van der Waals surface area (Å²) in [5.41, 5.74) is 6.93. The molecule has 2 rings (SSSR count). The highest BCUT2D eigenvalue weighted by atomic mass is 35.5. The fourth-order valence-electron chi connectivity index (χ4n) is 2.25. The van der Waals surface area contributed by atoms with E-state index in [9.17, 15) is 4.79 Å². The van der Waals surface area contributed by atoms with Crippen molar-refractivity contribution in [2.75, 3.05) is 0 Å². The number of nitrogens with zero attached hydrogens (tertiary/aromatic N) is 2. The van der Waals surface area contributed by atoms with E-state index in [-0.39, 0.29) is 41.7 Å². The van der Waals surface area contributed by atoms with E-state index >= 15 is 0 Å². The van der Waals surface area contributed by atoms with Crippen molar-refractivity contribution in [3.63, 3.8) is 0 Å². The van der Waals surface area contributed by atoms with Crippen LogP contribution >= 0.6 is 12.4 Å². The van der Waals surface area contributed by atoms with Crippen LogP contribution in [0, 0.1) is 5.92 Å². The zero-order valence-electron chi connectivity index (χ0n) is 15.3. The molecule has 1 aromatic carbocycles. The summed E-state index contributed by atoms with van der Waals surface area (Å²) in [5.74, 6) is 0.496. The van der Waals surface area contributed by atoms with Crippen LogP contribution in [0.2, 0.25) is 0 Å². The van der Waals surface area contributed by atoms with Crippen molar-refractivity contribution < 1.29 is 9.32 Å². The van der Waals surface area contributed by atoms with Gasteiger partial charge in [-0.3, -0.25) is 4.79 Å². The third kappa shape index (κ3) is 5.28. The van der Waals surface area contributed by atoms with Gasteiger partial charge in [-0.2, -0.15) is 4.98 Å². The standard InChI is InChI=1S/C18H26N4O2.ClH/c1-11(14(19)13-9-7-6-8-10-13)15(23)20-12(2)16-21-17(22-24-16)18(3,4)5;/h6-12,14H,19H2,1-5H3,(H,20,23);1H. The van der Waals surface area contributed by atoms with Gasteiger partial charge in [0.2, 0.25) is 11.8 Å². The van der Waals surface area contributed by atoms with Crippen molar-refractivity contribution in [3.05, 3.63) is 47.6 Å². The van der Waals surface area contributed by atoms with Crippen LogP contribution in [-0.4, -0.2) is 16.0 Å². The minimum Gasteiger partial charge on any atom is -0.344 e. The molecular formula is C18H27ClN4O2. The molecule has 1 aromatic heterocycles. The fourth-order valence-corrected chi connectivity index (χ4v) is 2.25. The molecule has 0 aliphatic rings. The highest BCUT2D eigenvalue weighted by Gasteiger charge is 2.27. The number of hydrogen-bond donors (Lipinski definition) is 2. The van der Waals surface area contributed by atoms with Crippen LogP contribution in [0.1, 0.15) is 64.0 Å². The van der Waals surface area contributed by atoms with E-state index in [1.807, 2.05) is 65.0 Å². The third-order valence-electron chi connectivity index (χ3n) is 3.98. The molecule has 0 saturated carbocycles. The van der Waals surface area contributed by atoms with E-state index in [0.29, 0.717) is 11.7 Å². The Balaban J connectivity index is 0.00000312. The normalized spacial score (nSPS) is 15.0. The summed E-state index contributed by atoms with van der Waals surface area (Å²) >= 11 is 0. The maximum absolute atomic E-state index is 12.5. The lowest BCUT2D eigenvalue weighted by Gasteiger charge is -2.21. The minimum atomic E-state index is -0.375. The van der Waals surface area contributed by atoms with Crippen molar-refractivity contribution in [2.24, 2.45) is 11.7 Å². The summed E-state index contributed by atoms with van der Waals surface area (Å²) in [4.78, 5) is 16.8. The molecule has 0 radical (unpaired) electrons. The van der Waals surface area contributed by atoms with Gasteiger partial charge in [-0.25, -0.2) is 0 Å². The van der Waals surface area contributed by atoms with Crippen molar-refractivity contribution in [1.29, 1.82) is 0 Å². The Morgan fingerprint density at radius 3 is 2.32 bits per heavy atom. The molecule has 0 saturated heterocycles. The van der Waals surface area contributed by atoms with Crippen LogP contribution in [0.25, 0.3) is 0 Å². The first-order valence-corrected chi connectivity index (χ1v) is 8.15. The van der Waals surface area contributed by atoms with E-state index in [0.717, 1.165) is 5.56 Å². The molecule has 3 N–H and O–H groups in total. The van der Waals surface area contributed by atoms with Crippen LogP contribution in [0.5, 0.6) is 0 Å². The number of aromatic nitrogens is 2. The predicted octanol–water partition coefficient (Wildman–Crippen LogP) is 3.30. The zero-order valence-corrected chi connectivity index (χ0v) is 16.1. The van der Waals surface area contributed by atoms with Gasteiger partial charge in [0, 0.05) is 11.5 Å². The molecule has 25 heavy (non-hydrogen) atoms. The Kier molecular flexibility index (Phi) is 7.14. The Hall–Kier alpha value is -1.92. The van der Waals surface area contributed by atoms with Gasteiger partial charge in [-0.05, 0) is 12.5 Å². The van der Waals surface area contributed by atoms with Gasteiger partial charge in [0.1, 0.15) is 6.04 Å². The summed E-state index contributed by atoms with van der Waals surface area (Å²) in [5, 5.41) is 6.88. The minimum absolute atomic E-state index is 0. The van der Waals surface area contributed by atoms with Crippen molar-refractivity contribution in [3.8, 4) is 0 Å². The molecule has 0 fully saturated rings. The Bertz CT molecular complexity index is 682. The predicted molar refractivity (Wildman–Crippen MR) is 99.3 cm³/mol. The highest BCUT2D eigenvalue weighted by molar-refractivity contribution is 5.85. The maximum Gasteiger partial charge on any atom is 0.248 e. The molecule has 0 bridgehead atoms. The average Bonchev–Trinajstić information content (AvgIpc) is 3.04. The van der Waals surface area contributed by atoms with Gasteiger partial charge in [-0.15, -0.1) is 12.4 Å². The number of halogens is 1.